The Morgan fingerprint density at radius 1 is 1.40 bits per heavy atom. The number of methoxy groups -OCH3 is 1. The Morgan fingerprint density at radius 2 is 2.10 bits per heavy atom. The van der Waals surface area contributed by atoms with Gasteiger partial charge in [0.15, 0.2) is 0 Å². The highest BCUT2D eigenvalue weighted by Gasteiger charge is 1.98. The molecule has 0 spiro atoms. The van der Waals surface area contributed by atoms with Crippen molar-refractivity contribution in [2.24, 2.45) is 0 Å². The molecule has 0 radical (unpaired) electrons. The lowest BCUT2D eigenvalue weighted by atomic mass is 10.2. The lowest BCUT2D eigenvalue weighted by Crippen LogP contribution is -1.88. The summed E-state index contributed by atoms with van der Waals surface area (Å²) in [7, 11) is 1.69. The highest BCUT2D eigenvalue weighted by atomic mass is 127. The minimum absolute atomic E-state index is 0.965. The molecule has 1 aromatic rings. The lowest BCUT2D eigenvalue weighted by Gasteiger charge is -2.04. The van der Waals surface area contributed by atoms with Crippen molar-refractivity contribution in [2.45, 2.75) is 6.92 Å². The molecule has 1 rings (SSSR count). The second kappa shape index (κ2) is 3.23. The van der Waals surface area contributed by atoms with Crippen molar-refractivity contribution in [3.63, 3.8) is 0 Å². The van der Waals surface area contributed by atoms with Crippen LogP contribution < -0.4 is 4.74 Å². The fourth-order valence-corrected chi connectivity index (χ4v) is 1.28. The van der Waals surface area contributed by atoms with E-state index in [0.29, 0.717) is 0 Å². The first-order chi connectivity index (χ1) is 4.75. The summed E-state index contributed by atoms with van der Waals surface area (Å²) in [4.78, 5) is 0. The topological polar surface area (TPSA) is 9.23 Å². The molecule has 54 valence electrons. The van der Waals surface area contributed by atoms with Crippen molar-refractivity contribution in [1.82, 2.24) is 0 Å². The molecule has 0 amide bonds. The zero-order chi connectivity index (χ0) is 7.56. The van der Waals surface area contributed by atoms with Crippen LogP contribution >= 0.6 is 22.6 Å². The Balaban J connectivity index is 3.14. The molecule has 0 aromatic heterocycles. The molecule has 0 fully saturated rings. The third kappa shape index (κ3) is 1.42. The van der Waals surface area contributed by atoms with Crippen LogP contribution in [0.25, 0.3) is 0 Å². The van der Waals surface area contributed by atoms with Crippen LogP contribution in [0.15, 0.2) is 18.2 Å². The zero-order valence-electron chi connectivity index (χ0n) is 6.02. The Kier molecular flexibility index (Phi) is 2.54. The van der Waals surface area contributed by atoms with Crippen molar-refractivity contribution in [3.8, 4) is 5.75 Å². The normalized spacial score (nSPS) is 9.50. The fourth-order valence-electron chi connectivity index (χ4n) is 0.809. The van der Waals surface area contributed by atoms with Gasteiger partial charge in [0.1, 0.15) is 5.75 Å². The van der Waals surface area contributed by atoms with Gasteiger partial charge in [0, 0.05) is 9.13 Å². The molecule has 0 saturated heterocycles. The van der Waals surface area contributed by atoms with E-state index in [-0.39, 0.29) is 0 Å². The van der Waals surface area contributed by atoms with E-state index < -0.39 is 0 Å². The number of hydrogen-bond acceptors (Lipinski definition) is 1. The van der Waals surface area contributed by atoms with Gasteiger partial charge in [-0.2, -0.15) is 0 Å². The number of hydrogen-bond donors (Lipinski definition) is 0. The molecule has 2 heteroatoms. The molecule has 0 aliphatic heterocycles. The second-order valence-corrected chi connectivity index (χ2v) is 3.23. The van der Waals surface area contributed by atoms with E-state index >= 15 is 0 Å². The first kappa shape index (κ1) is 7.85. The van der Waals surface area contributed by atoms with Crippen LogP contribution in [0.2, 0.25) is 0 Å². The van der Waals surface area contributed by atoms with E-state index in [9.17, 15) is 0 Å². The Hall–Kier alpha value is -0.250. The van der Waals surface area contributed by atoms with Crippen molar-refractivity contribution in [2.75, 3.05) is 7.11 Å². The molecule has 0 saturated carbocycles. The number of halogens is 1. The number of rotatable bonds is 1. The molecule has 0 atom stereocenters. The van der Waals surface area contributed by atoms with Gasteiger partial charge in [-0.15, -0.1) is 0 Å². The van der Waals surface area contributed by atoms with Crippen LogP contribution in [0.4, 0.5) is 0 Å². The van der Waals surface area contributed by atoms with E-state index in [0.717, 1.165) is 5.75 Å². The van der Waals surface area contributed by atoms with Crippen LogP contribution in [0.1, 0.15) is 5.56 Å². The van der Waals surface area contributed by atoms with Gasteiger partial charge in [-0.25, -0.2) is 0 Å². The average molecular weight is 248 g/mol. The van der Waals surface area contributed by atoms with Gasteiger partial charge in [0.05, 0.1) is 7.11 Å². The summed E-state index contributed by atoms with van der Waals surface area (Å²) in [5.41, 5.74) is 1.21. The molecule has 1 nitrogen and oxygen atoms in total. The Bertz CT molecular complexity index is 233. The standard InChI is InChI=1S/C8H9IO/c1-6-7(9)4-3-5-8(6)10-2/h3-5H,1-2H3. The van der Waals surface area contributed by atoms with Crippen LogP contribution in [0.3, 0.4) is 0 Å². The number of benzene rings is 1. The third-order valence-corrected chi connectivity index (χ3v) is 2.61. The quantitative estimate of drug-likeness (QED) is 0.694. The molecule has 10 heavy (non-hydrogen) atoms. The summed E-state index contributed by atoms with van der Waals surface area (Å²) < 4.78 is 6.37. The maximum atomic E-state index is 5.12. The minimum Gasteiger partial charge on any atom is -0.496 e. The Morgan fingerprint density at radius 3 is 2.60 bits per heavy atom. The van der Waals surface area contributed by atoms with Gasteiger partial charge in [0.25, 0.3) is 0 Å². The molecule has 1 aromatic carbocycles. The van der Waals surface area contributed by atoms with Gasteiger partial charge >= 0.3 is 0 Å². The van der Waals surface area contributed by atoms with Crippen molar-refractivity contribution >= 4 is 22.6 Å². The van der Waals surface area contributed by atoms with Crippen molar-refractivity contribution in [1.29, 1.82) is 0 Å². The van der Waals surface area contributed by atoms with E-state index in [2.05, 4.69) is 35.6 Å². The van der Waals surface area contributed by atoms with Crippen LogP contribution in [-0.2, 0) is 0 Å². The molecule has 0 N–H and O–H groups in total. The summed E-state index contributed by atoms with van der Waals surface area (Å²) in [6, 6.07) is 6.03. The van der Waals surface area contributed by atoms with E-state index in [1.807, 2.05) is 12.1 Å². The predicted molar refractivity (Wildman–Crippen MR) is 50.4 cm³/mol. The molecule has 0 aliphatic rings. The molecule has 0 aliphatic carbocycles. The van der Waals surface area contributed by atoms with Crippen LogP contribution in [0.5, 0.6) is 5.75 Å². The maximum absolute atomic E-state index is 5.12. The van der Waals surface area contributed by atoms with Crippen molar-refractivity contribution in [3.05, 3.63) is 27.3 Å². The highest BCUT2D eigenvalue weighted by molar-refractivity contribution is 14.1. The smallest absolute Gasteiger partial charge is 0.122 e. The summed E-state index contributed by atoms with van der Waals surface area (Å²) >= 11 is 2.29. The van der Waals surface area contributed by atoms with Gasteiger partial charge in [-0.05, 0) is 41.6 Å². The molecule has 0 unspecified atom stereocenters. The highest BCUT2D eigenvalue weighted by Crippen LogP contribution is 2.21. The summed E-state index contributed by atoms with van der Waals surface area (Å²) in [6.07, 6.45) is 0. The molecular formula is C8H9IO. The van der Waals surface area contributed by atoms with Gasteiger partial charge < -0.3 is 4.74 Å². The van der Waals surface area contributed by atoms with Crippen LogP contribution in [-0.4, -0.2) is 7.11 Å². The maximum Gasteiger partial charge on any atom is 0.122 e. The summed E-state index contributed by atoms with van der Waals surface area (Å²) in [5.74, 6) is 0.965. The van der Waals surface area contributed by atoms with Crippen LogP contribution in [0, 0.1) is 10.5 Å². The first-order valence-electron chi connectivity index (χ1n) is 3.05. The Labute approximate surface area is 74.5 Å². The third-order valence-electron chi connectivity index (χ3n) is 1.44. The van der Waals surface area contributed by atoms with Gasteiger partial charge in [0.2, 0.25) is 0 Å². The summed E-state index contributed by atoms with van der Waals surface area (Å²) in [5, 5.41) is 0. The monoisotopic (exact) mass is 248 g/mol. The van der Waals surface area contributed by atoms with Crippen molar-refractivity contribution < 1.29 is 4.74 Å². The van der Waals surface area contributed by atoms with Gasteiger partial charge in [-0.3, -0.25) is 0 Å². The van der Waals surface area contributed by atoms with E-state index in [1.165, 1.54) is 9.13 Å². The minimum atomic E-state index is 0.965. The van der Waals surface area contributed by atoms with Gasteiger partial charge in [-0.1, -0.05) is 6.07 Å². The number of ether oxygens (including phenoxy) is 1. The largest absolute Gasteiger partial charge is 0.496 e. The fraction of sp³-hybridized carbons (Fsp3) is 0.250. The lowest BCUT2D eigenvalue weighted by molar-refractivity contribution is 0.411. The van der Waals surface area contributed by atoms with E-state index in [4.69, 9.17) is 4.74 Å². The molecule has 0 bridgehead atoms. The average Bonchev–Trinajstić information content (AvgIpc) is 1.95. The molecule has 0 heterocycles. The SMILES string of the molecule is COc1cccc(I)c1C. The molecular weight excluding hydrogens is 239 g/mol. The summed E-state index contributed by atoms with van der Waals surface area (Å²) in [6.45, 7) is 2.06. The predicted octanol–water partition coefficient (Wildman–Crippen LogP) is 2.61. The second-order valence-electron chi connectivity index (χ2n) is 2.07. The first-order valence-corrected chi connectivity index (χ1v) is 4.12. The zero-order valence-corrected chi connectivity index (χ0v) is 8.18. The van der Waals surface area contributed by atoms with E-state index in [1.54, 1.807) is 7.11 Å².